The maximum absolute atomic E-state index is 10.6. The molecule has 0 spiro atoms. The minimum Gasteiger partial charge on any atom is -0.465 e. The van der Waals surface area contributed by atoms with Gasteiger partial charge in [0.05, 0.1) is 11.6 Å². The summed E-state index contributed by atoms with van der Waals surface area (Å²) in [6.07, 6.45) is 1.71. The Morgan fingerprint density at radius 2 is 1.87 bits per heavy atom. The molecule has 3 rings (SSSR count). The van der Waals surface area contributed by atoms with Crippen LogP contribution in [0.2, 0.25) is 0 Å². The summed E-state index contributed by atoms with van der Waals surface area (Å²) >= 11 is 0. The number of aliphatic hydroxyl groups excluding tert-OH is 1. The van der Waals surface area contributed by atoms with Crippen molar-refractivity contribution in [3.8, 4) is 0 Å². The van der Waals surface area contributed by atoms with E-state index >= 15 is 0 Å². The van der Waals surface area contributed by atoms with Crippen LogP contribution in [-0.2, 0) is 0 Å². The Balaban J connectivity index is 0.00000112. The van der Waals surface area contributed by atoms with Gasteiger partial charge in [0.1, 0.15) is 0 Å². The van der Waals surface area contributed by atoms with E-state index in [0.717, 1.165) is 12.8 Å². The van der Waals surface area contributed by atoms with Crippen LogP contribution in [0.4, 0.5) is 4.79 Å². The molecule has 3 saturated carbocycles. The smallest absolute Gasteiger partial charge is 0.405 e. The summed E-state index contributed by atoms with van der Waals surface area (Å²) in [4.78, 5) is 10.6. The summed E-state index contributed by atoms with van der Waals surface area (Å²) in [6.45, 7) is 0. The molecule has 0 aromatic heterocycles. The third-order valence-corrected chi connectivity index (χ3v) is 3.73. The van der Waals surface area contributed by atoms with Gasteiger partial charge in [-0.15, -0.1) is 12.4 Å². The number of rotatable bonds is 1. The number of amides is 1. The number of aliphatic hydroxyl groups is 1. The third kappa shape index (κ3) is 2.04. The lowest BCUT2D eigenvalue weighted by molar-refractivity contribution is -0.0471. The van der Waals surface area contributed by atoms with Crippen LogP contribution >= 0.6 is 12.4 Å². The van der Waals surface area contributed by atoms with E-state index in [9.17, 15) is 9.90 Å². The fourth-order valence-electron chi connectivity index (χ4n) is 2.73. The van der Waals surface area contributed by atoms with Gasteiger partial charge in [-0.2, -0.15) is 0 Å². The van der Waals surface area contributed by atoms with E-state index in [-0.39, 0.29) is 17.9 Å². The molecule has 3 aliphatic rings. The van der Waals surface area contributed by atoms with Gasteiger partial charge < -0.3 is 21.3 Å². The van der Waals surface area contributed by atoms with Crippen LogP contribution < -0.4 is 11.1 Å². The lowest BCUT2D eigenvalue weighted by Crippen LogP contribution is -2.68. The van der Waals surface area contributed by atoms with Crippen LogP contribution in [-0.4, -0.2) is 33.5 Å². The number of fused-ring (bicyclic) bond motifs is 3. The molecule has 0 aromatic rings. The van der Waals surface area contributed by atoms with E-state index in [1.54, 1.807) is 0 Å². The molecule has 5 nitrogen and oxygen atoms in total. The fourth-order valence-corrected chi connectivity index (χ4v) is 2.73. The molecule has 0 heterocycles. The van der Waals surface area contributed by atoms with Crippen LogP contribution in [0.1, 0.15) is 32.1 Å². The van der Waals surface area contributed by atoms with E-state index in [1.165, 1.54) is 0 Å². The van der Waals surface area contributed by atoms with Crippen molar-refractivity contribution in [1.29, 1.82) is 0 Å². The number of halogens is 1. The van der Waals surface area contributed by atoms with Crippen LogP contribution in [0, 0.1) is 0 Å². The molecule has 3 aliphatic carbocycles. The fraction of sp³-hybridized carbons (Fsp3) is 0.889. The predicted molar refractivity (Wildman–Crippen MR) is 57.1 cm³/mol. The minimum atomic E-state index is -1.06. The first-order valence-electron chi connectivity index (χ1n) is 4.94. The standard InChI is InChI=1S/C9H16N2O3.ClH/c10-8-1-3-9(4-2-8,6(12)5-8)11-7(13)14;/h6,11-12H,1-5,10H2,(H,13,14);1H. The molecule has 0 aromatic carbocycles. The molecule has 88 valence electrons. The Morgan fingerprint density at radius 3 is 2.27 bits per heavy atom. The van der Waals surface area contributed by atoms with Crippen LogP contribution in [0.5, 0.6) is 0 Å². The summed E-state index contributed by atoms with van der Waals surface area (Å²) in [6, 6.07) is 0. The maximum Gasteiger partial charge on any atom is 0.405 e. The highest BCUT2D eigenvalue weighted by molar-refractivity contribution is 5.85. The van der Waals surface area contributed by atoms with Crippen LogP contribution in [0.25, 0.3) is 0 Å². The quantitative estimate of drug-likeness (QED) is 0.532. The van der Waals surface area contributed by atoms with Gasteiger partial charge in [0.15, 0.2) is 0 Å². The second-order valence-corrected chi connectivity index (χ2v) is 4.67. The third-order valence-electron chi connectivity index (χ3n) is 3.73. The first-order chi connectivity index (χ1) is 6.46. The van der Waals surface area contributed by atoms with Gasteiger partial charge in [0, 0.05) is 5.54 Å². The first kappa shape index (κ1) is 12.5. The predicted octanol–water partition coefficient (Wildman–Crippen LogP) is 0.451. The molecular weight excluding hydrogens is 220 g/mol. The number of carboxylic acid groups (broad SMARTS) is 1. The number of carbonyl (C=O) groups is 1. The van der Waals surface area contributed by atoms with Gasteiger partial charge in [-0.1, -0.05) is 0 Å². The second-order valence-electron chi connectivity index (χ2n) is 4.67. The zero-order valence-corrected chi connectivity index (χ0v) is 9.22. The summed E-state index contributed by atoms with van der Waals surface area (Å²) < 4.78 is 0. The molecule has 6 heteroatoms. The van der Waals surface area contributed by atoms with Crippen molar-refractivity contribution >= 4 is 18.5 Å². The highest BCUT2D eigenvalue weighted by atomic mass is 35.5. The average Bonchev–Trinajstić information content (AvgIpc) is 2.07. The number of hydrogen-bond donors (Lipinski definition) is 4. The number of nitrogens with two attached hydrogens (primary N) is 1. The molecular formula is C9H17ClN2O3. The zero-order chi connectivity index (χ0) is 10.4. The zero-order valence-electron chi connectivity index (χ0n) is 8.40. The minimum absolute atomic E-state index is 0. The van der Waals surface area contributed by atoms with Crippen LogP contribution in [0.15, 0.2) is 0 Å². The SMILES string of the molecule is Cl.NC12CCC(NC(=O)O)(CC1)C(O)C2. The Morgan fingerprint density at radius 1 is 1.33 bits per heavy atom. The van der Waals surface area contributed by atoms with Gasteiger partial charge in [-0.3, -0.25) is 0 Å². The highest BCUT2D eigenvalue weighted by Crippen LogP contribution is 2.45. The van der Waals surface area contributed by atoms with Gasteiger partial charge in [-0.25, -0.2) is 4.79 Å². The van der Waals surface area contributed by atoms with E-state index < -0.39 is 17.7 Å². The van der Waals surface area contributed by atoms with E-state index in [1.807, 2.05) is 0 Å². The molecule has 1 unspecified atom stereocenters. The summed E-state index contributed by atoms with van der Waals surface area (Å²) in [5.74, 6) is 0. The molecule has 0 saturated heterocycles. The van der Waals surface area contributed by atoms with Gasteiger partial charge in [0.25, 0.3) is 0 Å². The summed E-state index contributed by atoms with van der Waals surface area (Å²) in [5.41, 5.74) is 5.15. The monoisotopic (exact) mass is 236 g/mol. The average molecular weight is 237 g/mol. The Kier molecular flexibility index (Phi) is 3.19. The van der Waals surface area contributed by atoms with E-state index in [4.69, 9.17) is 10.8 Å². The van der Waals surface area contributed by atoms with Crippen molar-refractivity contribution in [3.63, 3.8) is 0 Å². The summed E-state index contributed by atoms with van der Waals surface area (Å²) in [7, 11) is 0. The number of hydrogen-bond acceptors (Lipinski definition) is 3. The Labute approximate surface area is 94.4 Å². The maximum atomic E-state index is 10.6. The van der Waals surface area contributed by atoms with Crippen molar-refractivity contribution in [1.82, 2.24) is 5.32 Å². The highest BCUT2D eigenvalue weighted by Gasteiger charge is 2.53. The second kappa shape index (κ2) is 3.81. The Hall–Kier alpha value is -0.520. The molecule has 1 atom stereocenters. The van der Waals surface area contributed by atoms with Gasteiger partial charge in [-0.05, 0) is 32.1 Å². The molecule has 0 radical (unpaired) electrons. The Bertz CT molecular complexity index is 264. The van der Waals surface area contributed by atoms with E-state index in [2.05, 4.69) is 5.32 Å². The molecule has 3 fully saturated rings. The first-order valence-corrected chi connectivity index (χ1v) is 4.94. The van der Waals surface area contributed by atoms with Crippen molar-refractivity contribution in [2.45, 2.75) is 49.3 Å². The molecule has 5 N–H and O–H groups in total. The van der Waals surface area contributed by atoms with E-state index in [0.29, 0.717) is 19.3 Å². The molecule has 15 heavy (non-hydrogen) atoms. The molecule has 0 aliphatic heterocycles. The number of nitrogens with one attached hydrogen (secondary N) is 1. The van der Waals surface area contributed by atoms with Crippen molar-refractivity contribution in [2.75, 3.05) is 0 Å². The lowest BCUT2D eigenvalue weighted by atomic mass is 9.60. The van der Waals surface area contributed by atoms with Gasteiger partial charge in [0.2, 0.25) is 0 Å². The van der Waals surface area contributed by atoms with Crippen molar-refractivity contribution < 1.29 is 15.0 Å². The summed E-state index contributed by atoms with van der Waals surface area (Å²) in [5, 5.41) is 21.0. The topological polar surface area (TPSA) is 95.6 Å². The van der Waals surface area contributed by atoms with Crippen LogP contribution in [0.3, 0.4) is 0 Å². The molecule has 2 bridgehead atoms. The van der Waals surface area contributed by atoms with Crippen molar-refractivity contribution in [2.24, 2.45) is 5.73 Å². The van der Waals surface area contributed by atoms with Crippen molar-refractivity contribution in [3.05, 3.63) is 0 Å². The lowest BCUT2D eigenvalue weighted by Gasteiger charge is -2.54. The normalized spacial score (nSPS) is 43.2. The molecule has 1 amide bonds. The largest absolute Gasteiger partial charge is 0.465 e. The van der Waals surface area contributed by atoms with Gasteiger partial charge >= 0.3 is 6.09 Å².